The number of ether oxygens (including phenoxy) is 2. The number of hydrogen-bond donors (Lipinski definition) is 1. The van der Waals surface area contributed by atoms with Crippen molar-refractivity contribution in [2.45, 2.75) is 0 Å². The van der Waals surface area contributed by atoms with Gasteiger partial charge in [-0.15, -0.1) is 0 Å². The normalized spacial score (nSPS) is 15.0. The molecule has 0 bridgehead atoms. The summed E-state index contributed by atoms with van der Waals surface area (Å²) in [7, 11) is 3.16. The van der Waals surface area contributed by atoms with Crippen LogP contribution in [0.25, 0.3) is 17.0 Å². The average Bonchev–Trinajstić information content (AvgIpc) is 3.06. The maximum atomic E-state index is 12.3. The number of aromatic nitrogens is 2. The third-order valence-corrected chi connectivity index (χ3v) is 5.00. The molecule has 0 aliphatic carbocycles. The summed E-state index contributed by atoms with van der Waals surface area (Å²) in [5.41, 5.74) is 2.44. The van der Waals surface area contributed by atoms with E-state index in [0.29, 0.717) is 27.3 Å². The number of methoxy groups -OCH3 is 2. The van der Waals surface area contributed by atoms with Crippen molar-refractivity contribution in [1.29, 1.82) is 0 Å². The van der Waals surface area contributed by atoms with Gasteiger partial charge in [-0.05, 0) is 47.7 Å². The van der Waals surface area contributed by atoms with Crippen LogP contribution in [0.3, 0.4) is 0 Å². The lowest BCUT2D eigenvalue weighted by Crippen LogP contribution is -2.06. The third-order valence-electron chi connectivity index (χ3n) is 4.10. The summed E-state index contributed by atoms with van der Waals surface area (Å²) < 4.78 is 10.6. The molecule has 140 valence electrons. The zero-order valence-corrected chi connectivity index (χ0v) is 16.0. The van der Waals surface area contributed by atoms with Gasteiger partial charge in [0.05, 0.1) is 30.3 Å². The molecule has 1 amide bonds. The zero-order chi connectivity index (χ0) is 19.5. The van der Waals surface area contributed by atoms with Crippen LogP contribution in [0, 0.1) is 0 Å². The Bertz CT molecular complexity index is 1130. The number of amides is 1. The van der Waals surface area contributed by atoms with Gasteiger partial charge in [-0.2, -0.15) is 4.99 Å². The Kier molecular flexibility index (Phi) is 4.94. The summed E-state index contributed by atoms with van der Waals surface area (Å²) in [4.78, 5) is 25.2. The van der Waals surface area contributed by atoms with Crippen LogP contribution >= 0.6 is 11.8 Å². The Hall–Kier alpha value is -3.39. The first-order chi connectivity index (χ1) is 13.7. The van der Waals surface area contributed by atoms with Crippen LogP contribution in [-0.2, 0) is 4.79 Å². The van der Waals surface area contributed by atoms with E-state index < -0.39 is 0 Å². The molecule has 0 atom stereocenters. The molecule has 1 aromatic heterocycles. The van der Waals surface area contributed by atoms with Gasteiger partial charge in [0.25, 0.3) is 5.91 Å². The first kappa shape index (κ1) is 18.0. The van der Waals surface area contributed by atoms with Crippen LogP contribution < -0.4 is 14.8 Å². The van der Waals surface area contributed by atoms with E-state index >= 15 is 0 Å². The molecule has 0 saturated heterocycles. The van der Waals surface area contributed by atoms with Gasteiger partial charge in [-0.25, -0.2) is 9.97 Å². The molecule has 0 saturated carbocycles. The first-order valence-corrected chi connectivity index (χ1v) is 9.19. The highest BCUT2D eigenvalue weighted by atomic mass is 32.2. The number of benzene rings is 2. The molecule has 1 N–H and O–H groups in total. The minimum Gasteiger partial charge on any atom is -0.497 e. The largest absolute Gasteiger partial charge is 0.497 e. The van der Waals surface area contributed by atoms with Crippen molar-refractivity contribution in [1.82, 2.24) is 9.97 Å². The number of amidine groups is 1. The van der Waals surface area contributed by atoms with E-state index in [9.17, 15) is 4.79 Å². The summed E-state index contributed by atoms with van der Waals surface area (Å²) in [5.74, 6) is 0.992. The number of thioether (sulfide) groups is 1. The van der Waals surface area contributed by atoms with Crippen molar-refractivity contribution in [3.8, 4) is 11.5 Å². The second-order valence-electron chi connectivity index (χ2n) is 5.86. The maximum Gasteiger partial charge on any atom is 0.286 e. The van der Waals surface area contributed by atoms with E-state index in [1.807, 2.05) is 30.3 Å². The van der Waals surface area contributed by atoms with Gasteiger partial charge >= 0.3 is 0 Å². The Morgan fingerprint density at radius 2 is 2.00 bits per heavy atom. The first-order valence-electron chi connectivity index (χ1n) is 8.37. The lowest BCUT2D eigenvalue weighted by Gasteiger charge is -2.11. The molecule has 2 aromatic carbocycles. The molecule has 0 fully saturated rings. The molecule has 4 rings (SSSR count). The van der Waals surface area contributed by atoms with Crippen molar-refractivity contribution in [2.24, 2.45) is 4.99 Å². The van der Waals surface area contributed by atoms with E-state index in [2.05, 4.69) is 20.3 Å². The number of carbonyl (C=O) groups is 1. The van der Waals surface area contributed by atoms with Crippen molar-refractivity contribution in [3.63, 3.8) is 0 Å². The molecule has 2 heterocycles. The fourth-order valence-electron chi connectivity index (χ4n) is 2.72. The smallest absolute Gasteiger partial charge is 0.286 e. The zero-order valence-electron chi connectivity index (χ0n) is 15.2. The monoisotopic (exact) mass is 392 g/mol. The average molecular weight is 392 g/mol. The molecule has 0 unspecified atom stereocenters. The molecule has 3 aromatic rings. The van der Waals surface area contributed by atoms with Crippen LogP contribution in [0.15, 0.2) is 58.8 Å². The fourth-order valence-corrected chi connectivity index (χ4v) is 3.55. The number of nitrogens with one attached hydrogen (secondary N) is 1. The lowest BCUT2D eigenvalue weighted by atomic mass is 10.1. The molecule has 8 heteroatoms. The minimum atomic E-state index is -0.288. The maximum absolute atomic E-state index is 12.3. The van der Waals surface area contributed by atoms with E-state index in [0.717, 1.165) is 16.5 Å². The highest BCUT2D eigenvalue weighted by Crippen LogP contribution is 2.34. The van der Waals surface area contributed by atoms with Crippen LogP contribution in [0.1, 0.15) is 5.56 Å². The lowest BCUT2D eigenvalue weighted by molar-refractivity contribution is -0.113. The van der Waals surface area contributed by atoms with Gasteiger partial charge in [0.15, 0.2) is 5.17 Å². The molecule has 0 radical (unpaired) electrons. The second kappa shape index (κ2) is 7.69. The molecular formula is C20H16N4O3S. The van der Waals surface area contributed by atoms with Gasteiger partial charge < -0.3 is 14.8 Å². The Morgan fingerprint density at radius 1 is 1.11 bits per heavy atom. The Labute approximate surface area is 165 Å². The van der Waals surface area contributed by atoms with Crippen LogP contribution in [0.2, 0.25) is 0 Å². The summed E-state index contributed by atoms with van der Waals surface area (Å²) in [6, 6.07) is 11.1. The van der Waals surface area contributed by atoms with Gasteiger partial charge in [0.2, 0.25) is 0 Å². The fraction of sp³-hybridized carbons (Fsp3) is 0.100. The number of aliphatic imine (C=N–C) groups is 1. The summed E-state index contributed by atoms with van der Waals surface area (Å²) in [5, 5.41) is 4.54. The predicted molar refractivity (Wildman–Crippen MR) is 111 cm³/mol. The predicted octanol–water partition coefficient (Wildman–Crippen LogP) is 3.73. The highest BCUT2D eigenvalue weighted by Gasteiger charge is 2.23. The minimum absolute atomic E-state index is 0.288. The van der Waals surface area contributed by atoms with Crippen LogP contribution in [0.5, 0.6) is 11.5 Å². The van der Waals surface area contributed by atoms with Gasteiger partial charge in [-0.3, -0.25) is 4.79 Å². The molecule has 1 aliphatic rings. The van der Waals surface area contributed by atoms with E-state index in [1.54, 1.807) is 32.5 Å². The van der Waals surface area contributed by atoms with E-state index in [4.69, 9.17) is 9.47 Å². The molecule has 0 spiro atoms. The number of carbonyl (C=O) groups excluding carboxylic acids is 1. The van der Waals surface area contributed by atoms with Crippen molar-refractivity contribution in [2.75, 3.05) is 19.5 Å². The SMILES string of the molecule is COc1ccc(NC2=NC(=O)/C(=C/c3ccc4ncncc4c3)S2)c(OC)c1. The Balaban J connectivity index is 1.54. The summed E-state index contributed by atoms with van der Waals surface area (Å²) in [6.45, 7) is 0. The molecule has 7 nitrogen and oxygen atoms in total. The van der Waals surface area contributed by atoms with Crippen molar-refractivity contribution in [3.05, 3.63) is 59.4 Å². The van der Waals surface area contributed by atoms with Gasteiger partial charge in [-0.1, -0.05) is 6.07 Å². The van der Waals surface area contributed by atoms with E-state index in [-0.39, 0.29) is 5.91 Å². The number of fused-ring (bicyclic) bond motifs is 1. The molecule has 28 heavy (non-hydrogen) atoms. The van der Waals surface area contributed by atoms with Gasteiger partial charge in [0.1, 0.15) is 17.8 Å². The van der Waals surface area contributed by atoms with Gasteiger partial charge in [0, 0.05) is 17.6 Å². The van der Waals surface area contributed by atoms with Crippen molar-refractivity contribution >= 4 is 45.5 Å². The topological polar surface area (TPSA) is 85.7 Å². The summed E-state index contributed by atoms with van der Waals surface area (Å²) in [6.07, 6.45) is 5.06. The molecule has 1 aliphatic heterocycles. The van der Waals surface area contributed by atoms with Crippen molar-refractivity contribution < 1.29 is 14.3 Å². The number of anilines is 1. The standard InChI is InChI=1S/C20H16N4O3S/c1-26-14-4-6-16(17(9-14)27-2)23-20-24-19(25)18(28-20)8-12-3-5-15-13(7-12)10-21-11-22-15/h3-11H,1-2H3,(H,23,24,25)/b18-8-. The third kappa shape index (κ3) is 3.67. The summed E-state index contributed by atoms with van der Waals surface area (Å²) >= 11 is 1.28. The quantitative estimate of drug-likeness (QED) is 0.677. The second-order valence-corrected chi connectivity index (χ2v) is 6.90. The molecular weight excluding hydrogens is 376 g/mol. The van der Waals surface area contributed by atoms with Crippen LogP contribution in [0.4, 0.5) is 5.69 Å². The van der Waals surface area contributed by atoms with Crippen LogP contribution in [-0.4, -0.2) is 35.3 Å². The number of hydrogen-bond acceptors (Lipinski definition) is 7. The highest BCUT2D eigenvalue weighted by molar-refractivity contribution is 8.18. The van der Waals surface area contributed by atoms with E-state index in [1.165, 1.54) is 18.1 Å². The Morgan fingerprint density at radius 3 is 2.82 bits per heavy atom. The number of rotatable bonds is 4. The number of nitrogens with zero attached hydrogens (tertiary/aromatic N) is 3.